The lowest BCUT2D eigenvalue weighted by Gasteiger charge is -2.12. The number of hydrogen-bond donors (Lipinski definition) is 0. The maximum Gasteiger partial charge on any atom is 0.317 e. The minimum atomic E-state index is -0.802. The minimum absolute atomic E-state index is 0.235. The summed E-state index contributed by atoms with van der Waals surface area (Å²) in [5, 5.41) is 0. The number of ketones is 1. The first-order chi connectivity index (χ1) is 8.60. The molecule has 18 heavy (non-hydrogen) atoms. The average molecular weight is 311 g/mol. The molecule has 0 amide bonds. The van der Waals surface area contributed by atoms with Crippen LogP contribution in [0.15, 0.2) is 41.4 Å². The molecule has 1 atom stereocenters. The molecule has 0 aromatic heterocycles. The summed E-state index contributed by atoms with van der Waals surface area (Å²) >= 11 is 3.30. The van der Waals surface area contributed by atoms with Gasteiger partial charge in [-0.25, -0.2) is 0 Å². The molecule has 3 nitrogen and oxygen atoms in total. The van der Waals surface area contributed by atoms with Crippen molar-refractivity contribution in [3.63, 3.8) is 0 Å². The van der Waals surface area contributed by atoms with E-state index in [4.69, 9.17) is 4.74 Å². The molecule has 0 aliphatic heterocycles. The first-order valence-corrected chi connectivity index (χ1v) is 6.46. The van der Waals surface area contributed by atoms with E-state index in [1.54, 1.807) is 37.3 Å². The molecule has 0 N–H and O–H groups in total. The highest BCUT2D eigenvalue weighted by atomic mass is 79.9. The number of rotatable bonds is 6. The minimum Gasteiger partial charge on any atom is -0.465 e. The van der Waals surface area contributed by atoms with Gasteiger partial charge < -0.3 is 4.74 Å². The van der Waals surface area contributed by atoms with Gasteiger partial charge in [-0.1, -0.05) is 34.1 Å². The second-order valence-electron chi connectivity index (χ2n) is 3.70. The van der Waals surface area contributed by atoms with E-state index in [9.17, 15) is 9.59 Å². The Morgan fingerprint density at radius 2 is 2.00 bits per heavy atom. The van der Waals surface area contributed by atoms with Crippen molar-refractivity contribution in [3.05, 3.63) is 47.0 Å². The summed E-state index contributed by atoms with van der Waals surface area (Å²) in [5.74, 6) is -1.53. The van der Waals surface area contributed by atoms with Crippen LogP contribution in [0, 0.1) is 5.92 Å². The SMILES string of the molecule is C=CCC(C(=O)OCC)C(=O)c1ccc(Br)cc1. The van der Waals surface area contributed by atoms with Gasteiger partial charge in [-0.15, -0.1) is 6.58 Å². The number of Topliss-reactive ketones (excluding diaryl/α,β-unsaturated/α-hetero) is 1. The van der Waals surface area contributed by atoms with Gasteiger partial charge in [-0.3, -0.25) is 9.59 Å². The van der Waals surface area contributed by atoms with E-state index in [1.807, 2.05) is 0 Å². The molecule has 0 fully saturated rings. The Balaban J connectivity index is 2.91. The summed E-state index contributed by atoms with van der Waals surface area (Å²) in [6.07, 6.45) is 1.84. The van der Waals surface area contributed by atoms with Crippen molar-refractivity contribution < 1.29 is 14.3 Å². The number of esters is 1. The molecule has 1 aromatic carbocycles. The van der Waals surface area contributed by atoms with Crippen LogP contribution in [0.25, 0.3) is 0 Å². The second kappa shape index (κ2) is 7.11. The lowest BCUT2D eigenvalue weighted by Crippen LogP contribution is -2.26. The molecule has 0 aliphatic rings. The summed E-state index contributed by atoms with van der Waals surface area (Å²) in [5.41, 5.74) is 0.498. The van der Waals surface area contributed by atoms with Gasteiger partial charge in [0.05, 0.1) is 6.61 Å². The van der Waals surface area contributed by atoms with Crippen LogP contribution in [0.4, 0.5) is 0 Å². The molecule has 4 heteroatoms. The first-order valence-electron chi connectivity index (χ1n) is 5.67. The third-order valence-electron chi connectivity index (χ3n) is 2.42. The van der Waals surface area contributed by atoms with Crippen molar-refractivity contribution in [2.45, 2.75) is 13.3 Å². The fourth-order valence-electron chi connectivity index (χ4n) is 1.54. The van der Waals surface area contributed by atoms with E-state index in [-0.39, 0.29) is 18.8 Å². The van der Waals surface area contributed by atoms with E-state index in [2.05, 4.69) is 22.5 Å². The number of ether oxygens (including phenoxy) is 1. The molecular formula is C14H15BrO3. The normalized spacial score (nSPS) is 11.7. The summed E-state index contributed by atoms with van der Waals surface area (Å²) in [6.45, 7) is 5.54. The Bertz CT molecular complexity index is 437. The Kier molecular flexibility index (Phi) is 5.78. The quantitative estimate of drug-likeness (QED) is 0.350. The zero-order valence-corrected chi connectivity index (χ0v) is 11.8. The number of carbonyl (C=O) groups excluding carboxylic acids is 2. The van der Waals surface area contributed by atoms with Gasteiger partial charge in [0, 0.05) is 10.0 Å². The van der Waals surface area contributed by atoms with E-state index in [0.717, 1.165) is 4.47 Å². The predicted molar refractivity (Wildman–Crippen MR) is 73.4 cm³/mol. The van der Waals surface area contributed by atoms with Crippen LogP contribution in [-0.4, -0.2) is 18.4 Å². The molecule has 0 heterocycles. The fraction of sp³-hybridized carbons (Fsp3) is 0.286. The maximum atomic E-state index is 12.2. The maximum absolute atomic E-state index is 12.2. The molecule has 1 rings (SSSR count). The zero-order chi connectivity index (χ0) is 13.5. The molecule has 1 aromatic rings. The summed E-state index contributed by atoms with van der Waals surface area (Å²) < 4.78 is 5.79. The fourth-order valence-corrected chi connectivity index (χ4v) is 1.80. The van der Waals surface area contributed by atoms with Gasteiger partial charge in [0.1, 0.15) is 5.92 Å². The zero-order valence-electron chi connectivity index (χ0n) is 10.2. The highest BCUT2D eigenvalue weighted by Gasteiger charge is 2.27. The van der Waals surface area contributed by atoms with Crippen LogP contribution >= 0.6 is 15.9 Å². The third kappa shape index (κ3) is 3.81. The predicted octanol–water partition coefficient (Wildman–Crippen LogP) is 3.39. The molecule has 96 valence electrons. The van der Waals surface area contributed by atoms with Crippen molar-refractivity contribution in [1.29, 1.82) is 0 Å². The molecule has 0 saturated carbocycles. The van der Waals surface area contributed by atoms with Gasteiger partial charge in [0.15, 0.2) is 5.78 Å². The Hall–Kier alpha value is -1.42. The van der Waals surface area contributed by atoms with E-state index in [0.29, 0.717) is 5.56 Å². The average Bonchev–Trinajstić information content (AvgIpc) is 2.36. The third-order valence-corrected chi connectivity index (χ3v) is 2.95. The van der Waals surface area contributed by atoms with Crippen molar-refractivity contribution >= 4 is 27.7 Å². The standard InChI is InChI=1S/C14H15BrO3/c1-3-5-12(14(17)18-4-2)13(16)10-6-8-11(15)9-7-10/h3,6-9,12H,1,4-5H2,2H3. The Labute approximate surface area is 115 Å². The number of hydrogen-bond acceptors (Lipinski definition) is 3. The number of halogens is 1. The Morgan fingerprint density at radius 1 is 1.39 bits per heavy atom. The van der Waals surface area contributed by atoms with Crippen LogP contribution in [-0.2, 0) is 9.53 Å². The molecule has 1 unspecified atom stereocenters. The Morgan fingerprint density at radius 3 is 2.50 bits per heavy atom. The second-order valence-corrected chi connectivity index (χ2v) is 4.62. The number of allylic oxidation sites excluding steroid dienone is 1. The van der Waals surface area contributed by atoms with Gasteiger partial charge in [-0.2, -0.15) is 0 Å². The van der Waals surface area contributed by atoms with Gasteiger partial charge in [0.25, 0.3) is 0 Å². The van der Waals surface area contributed by atoms with Crippen LogP contribution in [0.3, 0.4) is 0 Å². The van der Waals surface area contributed by atoms with Crippen molar-refractivity contribution in [3.8, 4) is 0 Å². The molecule has 0 bridgehead atoms. The van der Waals surface area contributed by atoms with Crippen molar-refractivity contribution in [2.75, 3.05) is 6.61 Å². The van der Waals surface area contributed by atoms with E-state index in [1.165, 1.54) is 0 Å². The molecule has 0 aliphatic carbocycles. The van der Waals surface area contributed by atoms with Gasteiger partial charge in [0.2, 0.25) is 0 Å². The molecule has 0 saturated heterocycles. The monoisotopic (exact) mass is 310 g/mol. The highest BCUT2D eigenvalue weighted by molar-refractivity contribution is 9.10. The van der Waals surface area contributed by atoms with Crippen LogP contribution in [0.2, 0.25) is 0 Å². The first kappa shape index (κ1) is 14.6. The van der Waals surface area contributed by atoms with Gasteiger partial charge in [-0.05, 0) is 25.5 Å². The van der Waals surface area contributed by atoms with Crippen LogP contribution in [0.5, 0.6) is 0 Å². The topological polar surface area (TPSA) is 43.4 Å². The van der Waals surface area contributed by atoms with Crippen molar-refractivity contribution in [1.82, 2.24) is 0 Å². The van der Waals surface area contributed by atoms with E-state index < -0.39 is 11.9 Å². The largest absolute Gasteiger partial charge is 0.465 e. The molecular weight excluding hydrogens is 296 g/mol. The number of benzene rings is 1. The molecule has 0 spiro atoms. The lowest BCUT2D eigenvalue weighted by atomic mass is 9.95. The van der Waals surface area contributed by atoms with Crippen LogP contribution < -0.4 is 0 Å². The summed E-state index contributed by atoms with van der Waals surface area (Å²) in [7, 11) is 0. The lowest BCUT2D eigenvalue weighted by molar-refractivity contribution is -0.146. The summed E-state index contributed by atoms with van der Waals surface area (Å²) in [4.78, 5) is 23.9. The summed E-state index contributed by atoms with van der Waals surface area (Å²) in [6, 6.07) is 6.90. The van der Waals surface area contributed by atoms with Gasteiger partial charge >= 0.3 is 5.97 Å². The van der Waals surface area contributed by atoms with Crippen LogP contribution in [0.1, 0.15) is 23.7 Å². The number of carbonyl (C=O) groups is 2. The van der Waals surface area contributed by atoms with Crippen molar-refractivity contribution in [2.24, 2.45) is 5.92 Å². The van der Waals surface area contributed by atoms with E-state index >= 15 is 0 Å². The highest BCUT2D eigenvalue weighted by Crippen LogP contribution is 2.17. The smallest absolute Gasteiger partial charge is 0.317 e. The molecule has 0 radical (unpaired) electrons.